The van der Waals surface area contributed by atoms with E-state index >= 15 is 0 Å². The maximum absolute atomic E-state index is 13.2. The van der Waals surface area contributed by atoms with Crippen molar-refractivity contribution in [2.75, 3.05) is 19.3 Å². The Bertz CT molecular complexity index is 573. The Kier molecular flexibility index (Phi) is 3.53. The number of benzene rings is 1. The van der Waals surface area contributed by atoms with Crippen molar-refractivity contribution in [1.29, 1.82) is 0 Å². The van der Waals surface area contributed by atoms with Gasteiger partial charge in [-0.05, 0) is 30.9 Å². The highest BCUT2D eigenvalue weighted by Crippen LogP contribution is 2.33. The van der Waals surface area contributed by atoms with Crippen LogP contribution in [0, 0.1) is 11.7 Å². The molecule has 1 saturated carbocycles. The van der Waals surface area contributed by atoms with Crippen molar-refractivity contribution in [3.63, 3.8) is 0 Å². The van der Waals surface area contributed by atoms with Crippen LogP contribution in [-0.4, -0.2) is 26.3 Å². The summed E-state index contributed by atoms with van der Waals surface area (Å²) in [5, 5.41) is -0.149. The van der Waals surface area contributed by atoms with Gasteiger partial charge in [-0.1, -0.05) is 11.6 Å². The van der Waals surface area contributed by atoms with E-state index in [-0.39, 0.29) is 15.6 Å². The first-order valence-electron chi connectivity index (χ1n) is 5.53. The van der Waals surface area contributed by atoms with E-state index in [0.29, 0.717) is 12.5 Å². The second kappa shape index (κ2) is 4.68. The predicted molar refractivity (Wildman–Crippen MR) is 68.4 cm³/mol. The largest absolute Gasteiger partial charge is 0.396 e. The van der Waals surface area contributed by atoms with Crippen molar-refractivity contribution in [2.45, 2.75) is 17.7 Å². The third-order valence-corrected chi connectivity index (χ3v) is 5.24. The summed E-state index contributed by atoms with van der Waals surface area (Å²) in [5.41, 5.74) is 5.16. The molecule has 18 heavy (non-hydrogen) atoms. The Hall–Kier alpha value is -0.850. The van der Waals surface area contributed by atoms with Crippen molar-refractivity contribution in [3.8, 4) is 0 Å². The maximum atomic E-state index is 13.2. The lowest BCUT2D eigenvalue weighted by Crippen LogP contribution is -2.29. The van der Waals surface area contributed by atoms with Gasteiger partial charge < -0.3 is 5.73 Å². The van der Waals surface area contributed by atoms with Crippen LogP contribution in [0.4, 0.5) is 10.1 Å². The quantitative estimate of drug-likeness (QED) is 0.864. The first kappa shape index (κ1) is 13.6. The van der Waals surface area contributed by atoms with Gasteiger partial charge in [-0.2, -0.15) is 0 Å². The second-order valence-corrected chi connectivity index (χ2v) is 6.95. The molecule has 4 nitrogen and oxygen atoms in total. The summed E-state index contributed by atoms with van der Waals surface area (Å²) in [6.07, 6.45) is 2.08. The van der Waals surface area contributed by atoms with Gasteiger partial charge in [-0.3, -0.25) is 0 Å². The van der Waals surface area contributed by atoms with Gasteiger partial charge in [0.05, 0.1) is 10.7 Å². The van der Waals surface area contributed by atoms with Gasteiger partial charge in [0.1, 0.15) is 10.7 Å². The minimum atomic E-state index is -3.71. The third-order valence-electron chi connectivity index (χ3n) is 2.95. The summed E-state index contributed by atoms with van der Waals surface area (Å²) in [4.78, 5) is -0.147. The zero-order chi connectivity index (χ0) is 13.5. The van der Waals surface area contributed by atoms with Crippen LogP contribution in [0.1, 0.15) is 12.8 Å². The third kappa shape index (κ3) is 2.60. The number of nitrogens with two attached hydrogens (primary N) is 1. The summed E-state index contributed by atoms with van der Waals surface area (Å²) in [7, 11) is -2.22. The van der Waals surface area contributed by atoms with Crippen molar-refractivity contribution < 1.29 is 12.8 Å². The van der Waals surface area contributed by atoms with Gasteiger partial charge in [0.25, 0.3) is 0 Å². The van der Waals surface area contributed by atoms with Crippen LogP contribution in [0.25, 0.3) is 0 Å². The fourth-order valence-corrected chi connectivity index (χ4v) is 3.44. The van der Waals surface area contributed by atoms with Crippen LogP contribution in [0.15, 0.2) is 17.0 Å². The number of halogens is 2. The molecular formula is C11H14ClFN2O2S. The summed E-state index contributed by atoms with van der Waals surface area (Å²) in [5.74, 6) is -0.301. The lowest BCUT2D eigenvalue weighted by molar-refractivity contribution is 0.453. The molecule has 100 valence electrons. The van der Waals surface area contributed by atoms with Gasteiger partial charge in [0, 0.05) is 13.6 Å². The molecular weight excluding hydrogens is 279 g/mol. The lowest BCUT2D eigenvalue weighted by atomic mass is 10.3. The normalized spacial score (nSPS) is 16.2. The van der Waals surface area contributed by atoms with E-state index in [1.54, 1.807) is 0 Å². The molecule has 1 fully saturated rings. The summed E-state index contributed by atoms with van der Waals surface area (Å²) in [6, 6.07) is 1.99. The van der Waals surface area contributed by atoms with E-state index < -0.39 is 15.8 Å². The number of sulfonamides is 1. The molecule has 0 bridgehead atoms. The highest BCUT2D eigenvalue weighted by Gasteiger charge is 2.30. The van der Waals surface area contributed by atoms with Gasteiger partial charge in [-0.25, -0.2) is 17.1 Å². The molecule has 0 aromatic heterocycles. The lowest BCUT2D eigenvalue weighted by Gasteiger charge is -2.18. The van der Waals surface area contributed by atoms with Gasteiger partial charge in [-0.15, -0.1) is 0 Å². The second-order valence-electron chi connectivity index (χ2n) is 4.53. The number of hydrogen-bond acceptors (Lipinski definition) is 3. The van der Waals surface area contributed by atoms with E-state index in [0.717, 1.165) is 25.0 Å². The predicted octanol–water partition coefficient (Wildman–Crippen LogP) is 2.09. The number of rotatable bonds is 4. The molecule has 0 saturated heterocycles. The maximum Gasteiger partial charge on any atom is 0.244 e. The number of nitrogens with zero attached hydrogens (tertiary/aromatic N) is 1. The fourth-order valence-electron chi connectivity index (χ4n) is 1.67. The molecule has 0 heterocycles. The summed E-state index contributed by atoms with van der Waals surface area (Å²) < 4.78 is 38.9. The van der Waals surface area contributed by atoms with Gasteiger partial charge in [0.2, 0.25) is 10.0 Å². The van der Waals surface area contributed by atoms with Crippen molar-refractivity contribution in [1.82, 2.24) is 4.31 Å². The summed E-state index contributed by atoms with van der Waals surface area (Å²) in [6.45, 7) is 0.454. The smallest absolute Gasteiger partial charge is 0.244 e. The molecule has 1 aliphatic rings. The number of hydrogen-bond donors (Lipinski definition) is 1. The summed E-state index contributed by atoms with van der Waals surface area (Å²) >= 11 is 5.78. The highest BCUT2D eigenvalue weighted by molar-refractivity contribution is 7.89. The van der Waals surface area contributed by atoms with Crippen molar-refractivity contribution in [3.05, 3.63) is 23.0 Å². The Morgan fingerprint density at radius 2 is 2.11 bits per heavy atom. The van der Waals surface area contributed by atoms with E-state index in [1.165, 1.54) is 11.4 Å². The molecule has 0 radical (unpaired) electrons. The first-order chi connectivity index (χ1) is 8.32. The van der Waals surface area contributed by atoms with Gasteiger partial charge in [0.15, 0.2) is 0 Å². The van der Waals surface area contributed by atoms with Crippen LogP contribution in [0.2, 0.25) is 5.02 Å². The molecule has 0 aliphatic heterocycles. The average molecular weight is 293 g/mol. The molecule has 0 unspecified atom stereocenters. The zero-order valence-electron chi connectivity index (χ0n) is 9.86. The molecule has 0 amide bonds. The fraction of sp³-hybridized carbons (Fsp3) is 0.455. The minimum absolute atomic E-state index is 0.147. The van der Waals surface area contributed by atoms with E-state index in [4.69, 9.17) is 17.3 Å². The van der Waals surface area contributed by atoms with Gasteiger partial charge >= 0.3 is 0 Å². The van der Waals surface area contributed by atoms with Crippen molar-refractivity contribution >= 4 is 27.3 Å². The molecule has 7 heteroatoms. The Morgan fingerprint density at radius 3 is 2.67 bits per heavy atom. The van der Waals surface area contributed by atoms with E-state index in [9.17, 15) is 12.8 Å². The van der Waals surface area contributed by atoms with Crippen LogP contribution in [-0.2, 0) is 10.0 Å². The SMILES string of the molecule is CN(CC1CC1)S(=O)(=O)c1cc(N)c(F)cc1Cl. The average Bonchev–Trinajstić information content (AvgIpc) is 3.07. The van der Waals surface area contributed by atoms with Crippen LogP contribution >= 0.6 is 11.6 Å². The standard InChI is InChI=1S/C11H14ClFN2O2S/c1-15(6-7-2-3-7)18(16,17)11-5-10(14)9(13)4-8(11)12/h4-5,7H,2-3,6,14H2,1H3. The van der Waals surface area contributed by atoms with Crippen LogP contribution in [0.3, 0.4) is 0 Å². The molecule has 1 aromatic rings. The van der Waals surface area contributed by atoms with E-state index in [1.807, 2.05) is 0 Å². The molecule has 1 aromatic carbocycles. The Labute approximate surface area is 111 Å². The zero-order valence-corrected chi connectivity index (χ0v) is 11.4. The topological polar surface area (TPSA) is 63.4 Å². The number of nitrogen functional groups attached to an aromatic ring is 1. The molecule has 2 N–H and O–H groups in total. The van der Waals surface area contributed by atoms with Crippen LogP contribution < -0.4 is 5.73 Å². The van der Waals surface area contributed by atoms with E-state index in [2.05, 4.69) is 0 Å². The van der Waals surface area contributed by atoms with Crippen LogP contribution in [0.5, 0.6) is 0 Å². The molecule has 2 rings (SSSR count). The number of anilines is 1. The monoisotopic (exact) mass is 292 g/mol. The Balaban J connectivity index is 2.36. The highest BCUT2D eigenvalue weighted by atomic mass is 35.5. The first-order valence-corrected chi connectivity index (χ1v) is 7.35. The molecule has 1 aliphatic carbocycles. The minimum Gasteiger partial charge on any atom is -0.396 e. The molecule has 0 spiro atoms. The Morgan fingerprint density at radius 1 is 1.50 bits per heavy atom. The van der Waals surface area contributed by atoms with Crippen molar-refractivity contribution in [2.24, 2.45) is 5.92 Å². The molecule has 0 atom stereocenters.